The van der Waals surface area contributed by atoms with E-state index in [-0.39, 0.29) is 21.2 Å². The lowest BCUT2D eigenvalue weighted by Gasteiger charge is -2.21. The molecule has 11 heteroatoms. The SMILES string of the molecule is O=C(Nc1ccccc1)Nc1ccc(S(=O)(=O)c2ccc(N(c3ccccc3)S(=O)(=O)O)cc2)cc1. The van der Waals surface area contributed by atoms with E-state index in [1.807, 2.05) is 6.07 Å². The molecule has 0 heterocycles. The quantitative estimate of drug-likeness (QED) is 0.289. The molecule has 0 radical (unpaired) electrons. The molecule has 4 aromatic rings. The third kappa shape index (κ3) is 5.71. The van der Waals surface area contributed by atoms with Crippen LogP contribution in [0.15, 0.2) is 119 Å². The lowest BCUT2D eigenvalue weighted by Crippen LogP contribution is -2.25. The lowest BCUT2D eigenvalue weighted by molar-refractivity contribution is 0.262. The van der Waals surface area contributed by atoms with Crippen molar-refractivity contribution in [3.8, 4) is 0 Å². The zero-order valence-corrected chi connectivity index (χ0v) is 20.3. The highest BCUT2D eigenvalue weighted by Gasteiger charge is 2.23. The van der Waals surface area contributed by atoms with Crippen molar-refractivity contribution in [2.24, 2.45) is 0 Å². The third-order valence-electron chi connectivity index (χ3n) is 5.06. The molecule has 4 aromatic carbocycles. The molecule has 2 amide bonds. The fourth-order valence-electron chi connectivity index (χ4n) is 3.41. The lowest BCUT2D eigenvalue weighted by atomic mass is 10.3. The van der Waals surface area contributed by atoms with Gasteiger partial charge in [-0.05, 0) is 72.8 Å². The number of anilines is 4. The number of sulfone groups is 1. The third-order valence-corrected chi connectivity index (χ3v) is 7.73. The van der Waals surface area contributed by atoms with Gasteiger partial charge in [-0.15, -0.1) is 0 Å². The molecule has 0 saturated heterocycles. The first-order chi connectivity index (χ1) is 17.1. The summed E-state index contributed by atoms with van der Waals surface area (Å²) < 4.78 is 60.5. The topological polar surface area (TPSA) is 133 Å². The maximum Gasteiger partial charge on any atom is 0.364 e. The number of amides is 2. The number of hydrogen-bond acceptors (Lipinski definition) is 5. The Morgan fingerprint density at radius 3 is 1.50 bits per heavy atom. The number of para-hydroxylation sites is 2. The molecular formula is C25H21N3O6S2. The summed E-state index contributed by atoms with van der Waals surface area (Å²) in [5.41, 5.74) is 1.25. The summed E-state index contributed by atoms with van der Waals surface area (Å²) in [4.78, 5) is 12.1. The van der Waals surface area contributed by atoms with Gasteiger partial charge in [0.1, 0.15) is 0 Å². The van der Waals surface area contributed by atoms with E-state index in [1.54, 1.807) is 42.5 Å². The number of benzene rings is 4. The Bertz CT molecular complexity index is 1560. The van der Waals surface area contributed by atoms with Crippen molar-refractivity contribution in [2.75, 3.05) is 14.9 Å². The van der Waals surface area contributed by atoms with Crippen LogP contribution in [0, 0.1) is 0 Å². The van der Waals surface area contributed by atoms with Crippen molar-refractivity contribution in [3.05, 3.63) is 109 Å². The van der Waals surface area contributed by atoms with E-state index < -0.39 is 26.2 Å². The van der Waals surface area contributed by atoms with Crippen LogP contribution < -0.4 is 14.9 Å². The number of hydrogen-bond donors (Lipinski definition) is 3. The van der Waals surface area contributed by atoms with Crippen molar-refractivity contribution in [1.82, 2.24) is 0 Å². The second-order valence-electron chi connectivity index (χ2n) is 7.54. The first-order valence-corrected chi connectivity index (χ1v) is 13.4. The average molecular weight is 524 g/mol. The Balaban J connectivity index is 1.52. The van der Waals surface area contributed by atoms with Crippen LogP contribution in [-0.4, -0.2) is 27.4 Å². The Morgan fingerprint density at radius 1 is 0.583 bits per heavy atom. The maximum atomic E-state index is 13.1. The molecule has 9 nitrogen and oxygen atoms in total. The average Bonchev–Trinajstić information content (AvgIpc) is 2.85. The normalized spacial score (nSPS) is 11.5. The molecule has 0 spiro atoms. The van der Waals surface area contributed by atoms with Gasteiger partial charge in [0.25, 0.3) is 0 Å². The number of carbonyl (C=O) groups excluding carboxylic acids is 1. The van der Waals surface area contributed by atoms with E-state index in [1.165, 1.54) is 60.7 Å². The van der Waals surface area contributed by atoms with Crippen LogP contribution in [0.2, 0.25) is 0 Å². The van der Waals surface area contributed by atoms with Crippen LogP contribution in [0.3, 0.4) is 0 Å². The van der Waals surface area contributed by atoms with Crippen LogP contribution >= 0.6 is 0 Å². The largest absolute Gasteiger partial charge is 0.364 e. The molecule has 0 fully saturated rings. The van der Waals surface area contributed by atoms with Crippen LogP contribution in [0.25, 0.3) is 0 Å². The smallest absolute Gasteiger partial charge is 0.308 e. The van der Waals surface area contributed by atoms with Crippen molar-refractivity contribution in [3.63, 3.8) is 0 Å². The van der Waals surface area contributed by atoms with Gasteiger partial charge in [0.2, 0.25) is 9.84 Å². The molecule has 4 rings (SSSR count). The van der Waals surface area contributed by atoms with E-state index in [2.05, 4.69) is 10.6 Å². The maximum absolute atomic E-state index is 13.1. The summed E-state index contributed by atoms with van der Waals surface area (Å²) in [6.07, 6.45) is 0. The van der Waals surface area contributed by atoms with Gasteiger partial charge >= 0.3 is 16.3 Å². The second kappa shape index (κ2) is 10.2. The van der Waals surface area contributed by atoms with Gasteiger partial charge in [-0.1, -0.05) is 36.4 Å². The Labute approximate surface area is 208 Å². The van der Waals surface area contributed by atoms with Crippen LogP contribution in [0.4, 0.5) is 27.5 Å². The number of nitrogens with one attached hydrogen (secondary N) is 2. The van der Waals surface area contributed by atoms with Crippen LogP contribution in [0.5, 0.6) is 0 Å². The zero-order chi connectivity index (χ0) is 25.8. The minimum atomic E-state index is -4.66. The van der Waals surface area contributed by atoms with E-state index >= 15 is 0 Å². The molecule has 184 valence electrons. The van der Waals surface area contributed by atoms with Crippen molar-refractivity contribution in [2.45, 2.75) is 9.79 Å². The molecule has 0 aliphatic heterocycles. The van der Waals surface area contributed by atoms with E-state index in [0.717, 1.165) is 0 Å². The Hall–Kier alpha value is -4.19. The molecule has 0 aliphatic carbocycles. The molecule has 0 atom stereocenters. The Morgan fingerprint density at radius 2 is 1.00 bits per heavy atom. The molecule has 0 saturated carbocycles. The molecular weight excluding hydrogens is 502 g/mol. The number of rotatable bonds is 7. The molecule has 0 bridgehead atoms. The monoisotopic (exact) mass is 523 g/mol. The predicted octanol–water partition coefficient (Wildman–Crippen LogP) is 5.10. The van der Waals surface area contributed by atoms with Crippen LogP contribution in [0.1, 0.15) is 0 Å². The van der Waals surface area contributed by atoms with Crippen LogP contribution in [-0.2, 0) is 20.1 Å². The summed E-state index contributed by atoms with van der Waals surface area (Å²) in [6, 6.07) is 27.0. The molecule has 0 aromatic heterocycles. The fraction of sp³-hybridized carbons (Fsp3) is 0. The molecule has 3 N–H and O–H groups in total. The minimum absolute atomic E-state index is 0.0148. The highest BCUT2D eigenvalue weighted by Crippen LogP contribution is 2.30. The summed E-state index contributed by atoms with van der Waals surface area (Å²) >= 11 is 0. The fourth-order valence-corrected chi connectivity index (χ4v) is 5.45. The highest BCUT2D eigenvalue weighted by atomic mass is 32.2. The number of carbonyl (C=O) groups is 1. The van der Waals surface area contributed by atoms with E-state index in [9.17, 15) is 26.2 Å². The van der Waals surface area contributed by atoms with Gasteiger partial charge in [0, 0.05) is 11.4 Å². The second-order valence-corrected chi connectivity index (χ2v) is 10.8. The summed E-state index contributed by atoms with van der Waals surface area (Å²) in [5.74, 6) is 0. The first-order valence-electron chi connectivity index (χ1n) is 10.6. The van der Waals surface area contributed by atoms with Gasteiger partial charge in [0.05, 0.1) is 21.2 Å². The zero-order valence-electron chi connectivity index (χ0n) is 18.6. The van der Waals surface area contributed by atoms with Gasteiger partial charge in [-0.2, -0.15) is 8.42 Å². The van der Waals surface area contributed by atoms with Gasteiger partial charge in [-0.3, -0.25) is 4.55 Å². The van der Waals surface area contributed by atoms with Gasteiger partial charge < -0.3 is 10.6 Å². The molecule has 36 heavy (non-hydrogen) atoms. The first kappa shape index (κ1) is 24.9. The Kier molecular flexibility index (Phi) is 7.06. The summed E-state index contributed by atoms with van der Waals surface area (Å²) in [5, 5.41) is 5.29. The predicted molar refractivity (Wildman–Crippen MR) is 138 cm³/mol. The van der Waals surface area contributed by atoms with Crippen molar-refractivity contribution < 1.29 is 26.2 Å². The van der Waals surface area contributed by atoms with Gasteiger partial charge in [0.15, 0.2) is 0 Å². The molecule has 0 unspecified atom stereocenters. The van der Waals surface area contributed by atoms with Crippen molar-refractivity contribution in [1.29, 1.82) is 0 Å². The summed E-state index contributed by atoms with van der Waals surface area (Å²) in [6.45, 7) is 0. The number of nitrogens with zero attached hydrogens (tertiary/aromatic N) is 1. The standard InChI is InChI=1S/C25H21N3O6S2/c29-25(26-19-7-3-1-4-8-19)27-20-11-15-23(16-12-20)35(30,31)24-17-13-22(14-18-24)28(36(32,33)34)21-9-5-2-6-10-21/h1-18H,(H2,26,27,29)(H,32,33,34). The number of urea groups is 1. The van der Waals surface area contributed by atoms with E-state index in [0.29, 0.717) is 15.7 Å². The van der Waals surface area contributed by atoms with Crippen molar-refractivity contribution >= 4 is 48.9 Å². The minimum Gasteiger partial charge on any atom is -0.308 e. The van der Waals surface area contributed by atoms with Gasteiger partial charge in [-0.25, -0.2) is 17.5 Å². The molecule has 0 aliphatic rings. The van der Waals surface area contributed by atoms with E-state index in [4.69, 9.17) is 0 Å². The highest BCUT2D eigenvalue weighted by molar-refractivity contribution is 7.91. The summed E-state index contributed by atoms with van der Waals surface area (Å²) in [7, 11) is -8.60.